The molecule has 0 unspecified atom stereocenters. The predicted octanol–water partition coefficient (Wildman–Crippen LogP) is 2.40. The van der Waals surface area contributed by atoms with E-state index in [2.05, 4.69) is 26.1 Å². The Morgan fingerprint density at radius 3 is 2.83 bits per heavy atom. The van der Waals surface area contributed by atoms with Crippen molar-refractivity contribution in [3.63, 3.8) is 0 Å². The van der Waals surface area contributed by atoms with Gasteiger partial charge in [0.15, 0.2) is 0 Å². The lowest BCUT2D eigenvalue weighted by molar-refractivity contribution is -0.385. The highest BCUT2D eigenvalue weighted by atomic mass is 79.9. The highest BCUT2D eigenvalue weighted by molar-refractivity contribution is 9.10. The lowest BCUT2D eigenvalue weighted by atomic mass is 10.2. The van der Waals surface area contributed by atoms with Gasteiger partial charge in [0, 0.05) is 12.6 Å². The molecule has 1 rings (SSSR count). The Morgan fingerprint density at radius 2 is 2.22 bits per heavy atom. The summed E-state index contributed by atoms with van der Waals surface area (Å²) >= 11 is 3.31. The van der Waals surface area contributed by atoms with E-state index in [-0.39, 0.29) is 10.6 Å². The summed E-state index contributed by atoms with van der Waals surface area (Å²) in [4.78, 5) is 12.6. The Labute approximate surface area is 115 Å². The highest BCUT2D eigenvalue weighted by Crippen LogP contribution is 2.28. The van der Waals surface area contributed by atoms with E-state index in [1.807, 2.05) is 20.2 Å². The quantitative estimate of drug-likeness (QED) is 0.477. The van der Waals surface area contributed by atoms with E-state index in [4.69, 9.17) is 0 Å². The zero-order valence-electron chi connectivity index (χ0n) is 10.6. The lowest BCUT2D eigenvalue weighted by Gasteiger charge is -2.17. The molecule has 0 saturated heterocycles. The number of nitrogens with zero attached hydrogens (tertiary/aromatic N) is 2. The summed E-state index contributed by atoms with van der Waals surface area (Å²) in [5.74, 6) is 0. The molecule has 0 bridgehead atoms. The number of nitro benzene ring substituents is 1. The van der Waals surface area contributed by atoms with Crippen molar-refractivity contribution in [1.82, 2.24) is 10.2 Å². The molecule has 18 heavy (non-hydrogen) atoms. The lowest BCUT2D eigenvalue weighted by Crippen LogP contribution is -2.22. The van der Waals surface area contributed by atoms with Crippen LogP contribution >= 0.6 is 15.9 Å². The fourth-order valence-corrected chi connectivity index (χ4v) is 2.26. The van der Waals surface area contributed by atoms with Gasteiger partial charge in [-0.15, -0.1) is 0 Å². The number of rotatable bonds is 7. The van der Waals surface area contributed by atoms with Crippen LogP contribution in [0, 0.1) is 10.1 Å². The van der Waals surface area contributed by atoms with E-state index in [9.17, 15) is 10.1 Å². The fourth-order valence-electron chi connectivity index (χ4n) is 1.72. The van der Waals surface area contributed by atoms with E-state index in [0.29, 0.717) is 11.0 Å². The monoisotopic (exact) mass is 315 g/mol. The Balaban J connectivity index is 2.67. The van der Waals surface area contributed by atoms with Crippen LogP contribution in [0.5, 0.6) is 0 Å². The standard InChI is InChI=1S/C12H18BrN3O2/c1-14-7-4-8-15(2)9-10-5-3-6-11(12(10)13)16(17)18/h3,5-6,14H,4,7-9H2,1-2H3. The van der Waals surface area contributed by atoms with Gasteiger partial charge in [0.1, 0.15) is 0 Å². The molecule has 0 spiro atoms. The summed E-state index contributed by atoms with van der Waals surface area (Å²) in [6, 6.07) is 5.14. The van der Waals surface area contributed by atoms with Crippen molar-refractivity contribution in [2.24, 2.45) is 0 Å². The average Bonchev–Trinajstić information content (AvgIpc) is 2.32. The first-order chi connectivity index (χ1) is 8.56. The molecule has 0 heterocycles. The molecule has 0 amide bonds. The van der Waals surface area contributed by atoms with E-state index in [1.54, 1.807) is 6.07 Å². The fraction of sp³-hybridized carbons (Fsp3) is 0.500. The molecule has 5 nitrogen and oxygen atoms in total. The van der Waals surface area contributed by atoms with E-state index in [0.717, 1.165) is 25.1 Å². The molecule has 0 saturated carbocycles. The van der Waals surface area contributed by atoms with Crippen LogP contribution in [0.1, 0.15) is 12.0 Å². The molecule has 1 N–H and O–H groups in total. The van der Waals surface area contributed by atoms with Gasteiger partial charge in [-0.25, -0.2) is 0 Å². The summed E-state index contributed by atoms with van der Waals surface area (Å²) in [5.41, 5.74) is 1.06. The first-order valence-corrected chi connectivity index (χ1v) is 6.60. The van der Waals surface area contributed by atoms with Crippen molar-refractivity contribution in [3.05, 3.63) is 38.3 Å². The van der Waals surface area contributed by atoms with Crippen LogP contribution in [0.4, 0.5) is 5.69 Å². The number of hydrogen-bond donors (Lipinski definition) is 1. The molecule has 0 aliphatic heterocycles. The molecule has 6 heteroatoms. The molecule has 0 atom stereocenters. The molecule has 1 aromatic rings. The van der Waals surface area contributed by atoms with Crippen molar-refractivity contribution < 1.29 is 4.92 Å². The second kappa shape index (κ2) is 7.45. The predicted molar refractivity (Wildman–Crippen MR) is 75.7 cm³/mol. The Kier molecular flexibility index (Phi) is 6.24. The molecular formula is C12H18BrN3O2. The van der Waals surface area contributed by atoms with Gasteiger partial charge in [0.05, 0.1) is 9.40 Å². The molecule has 0 aliphatic carbocycles. The van der Waals surface area contributed by atoms with Crippen molar-refractivity contribution in [2.45, 2.75) is 13.0 Å². The zero-order valence-corrected chi connectivity index (χ0v) is 12.2. The van der Waals surface area contributed by atoms with Crippen molar-refractivity contribution >= 4 is 21.6 Å². The van der Waals surface area contributed by atoms with Crippen LogP contribution in [0.15, 0.2) is 22.7 Å². The summed E-state index contributed by atoms with van der Waals surface area (Å²) in [5, 5.41) is 13.9. The van der Waals surface area contributed by atoms with Crippen LogP contribution in [0.3, 0.4) is 0 Å². The number of nitrogens with one attached hydrogen (secondary N) is 1. The van der Waals surface area contributed by atoms with Crippen molar-refractivity contribution in [2.75, 3.05) is 27.2 Å². The topological polar surface area (TPSA) is 58.4 Å². The minimum absolute atomic E-state index is 0.121. The second-order valence-electron chi connectivity index (χ2n) is 4.20. The number of nitro groups is 1. The van der Waals surface area contributed by atoms with Crippen molar-refractivity contribution in [1.29, 1.82) is 0 Å². The first kappa shape index (κ1) is 15.1. The first-order valence-electron chi connectivity index (χ1n) is 5.81. The van der Waals surface area contributed by atoms with E-state index < -0.39 is 0 Å². The van der Waals surface area contributed by atoms with Gasteiger partial charge in [-0.2, -0.15) is 0 Å². The summed E-state index contributed by atoms with van der Waals surface area (Å²) < 4.78 is 0.579. The maximum Gasteiger partial charge on any atom is 0.283 e. The number of benzene rings is 1. The smallest absolute Gasteiger partial charge is 0.283 e. The highest BCUT2D eigenvalue weighted by Gasteiger charge is 2.15. The van der Waals surface area contributed by atoms with Gasteiger partial charge >= 0.3 is 0 Å². The SMILES string of the molecule is CNCCCN(C)Cc1cccc([N+](=O)[O-])c1Br. The average molecular weight is 316 g/mol. The summed E-state index contributed by atoms with van der Waals surface area (Å²) in [7, 11) is 3.94. The second-order valence-corrected chi connectivity index (χ2v) is 5.00. The summed E-state index contributed by atoms with van der Waals surface area (Å²) in [6.45, 7) is 2.63. The normalized spacial score (nSPS) is 10.9. The third kappa shape index (κ3) is 4.36. The van der Waals surface area contributed by atoms with Gasteiger partial charge in [-0.3, -0.25) is 10.1 Å². The zero-order chi connectivity index (χ0) is 13.5. The minimum Gasteiger partial charge on any atom is -0.320 e. The molecule has 1 aromatic carbocycles. The van der Waals surface area contributed by atoms with Gasteiger partial charge in [0.25, 0.3) is 5.69 Å². The third-order valence-electron chi connectivity index (χ3n) is 2.66. The maximum absolute atomic E-state index is 10.8. The Bertz CT molecular complexity index is 412. The Morgan fingerprint density at radius 1 is 1.50 bits per heavy atom. The van der Waals surface area contributed by atoms with Gasteiger partial charge in [-0.05, 0) is 55.1 Å². The van der Waals surface area contributed by atoms with E-state index >= 15 is 0 Å². The molecule has 0 aliphatic rings. The van der Waals surface area contributed by atoms with E-state index in [1.165, 1.54) is 6.07 Å². The van der Waals surface area contributed by atoms with Crippen LogP contribution in [0.25, 0.3) is 0 Å². The van der Waals surface area contributed by atoms with Crippen LogP contribution in [-0.2, 0) is 6.54 Å². The number of hydrogen-bond acceptors (Lipinski definition) is 4. The number of halogens is 1. The molecule has 0 aromatic heterocycles. The third-order valence-corrected chi connectivity index (χ3v) is 3.58. The maximum atomic E-state index is 10.8. The van der Waals surface area contributed by atoms with Crippen LogP contribution in [0.2, 0.25) is 0 Å². The minimum atomic E-state index is -0.366. The summed E-state index contributed by atoms with van der Waals surface area (Å²) in [6.07, 6.45) is 1.06. The van der Waals surface area contributed by atoms with Gasteiger partial charge < -0.3 is 10.2 Å². The molecule has 0 radical (unpaired) electrons. The van der Waals surface area contributed by atoms with Crippen LogP contribution in [-0.4, -0.2) is 37.0 Å². The van der Waals surface area contributed by atoms with Crippen LogP contribution < -0.4 is 5.32 Å². The Hall–Kier alpha value is -0.980. The molecule has 0 fully saturated rings. The largest absolute Gasteiger partial charge is 0.320 e. The molecule has 100 valence electrons. The van der Waals surface area contributed by atoms with Crippen molar-refractivity contribution in [3.8, 4) is 0 Å². The van der Waals surface area contributed by atoms with Gasteiger partial charge in [0.2, 0.25) is 0 Å². The molecular weight excluding hydrogens is 298 g/mol. The van der Waals surface area contributed by atoms with Gasteiger partial charge in [-0.1, -0.05) is 12.1 Å².